The van der Waals surface area contributed by atoms with Gasteiger partial charge in [-0.1, -0.05) is 6.07 Å². The van der Waals surface area contributed by atoms with E-state index < -0.39 is 0 Å². The van der Waals surface area contributed by atoms with Crippen LogP contribution in [-0.2, 0) is 4.74 Å². The summed E-state index contributed by atoms with van der Waals surface area (Å²) in [5.41, 5.74) is 1.74. The van der Waals surface area contributed by atoms with Gasteiger partial charge < -0.3 is 9.47 Å². The molecule has 1 aromatic carbocycles. The molecule has 21 heavy (non-hydrogen) atoms. The predicted octanol–water partition coefficient (Wildman–Crippen LogP) is 2.54. The second-order valence-corrected chi connectivity index (χ2v) is 5.88. The molecule has 1 aromatic rings. The molecule has 0 amide bonds. The minimum absolute atomic E-state index is 0.0801. The molecule has 4 heteroatoms. The maximum Gasteiger partial charge on any atom is 0.180 e. The number of methoxy groups -OCH3 is 1. The second kappa shape index (κ2) is 7.57. The van der Waals surface area contributed by atoms with Crippen molar-refractivity contribution in [1.82, 2.24) is 4.90 Å². The molecular weight excluding hydrogens is 266 g/mol. The fourth-order valence-electron chi connectivity index (χ4n) is 2.19. The highest BCUT2D eigenvalue weighted by Crippen LogP contribution is 2.28. The first-order valence-corrected chi connectivity index (χ1v) is 7.54. The van der Waals surface area contributed by atoms with Crippen LogP contribution in [0, 0.1) is 12.8 Å². The zero-order chi connectivity index (χ0) is 15.2. The molecule has 4 nitrogen and oxygen atoms in total. The Hall–Kier alpha value is -1.39. The fraction of sp³-hybridized carbons (Fsp3) is 0.588. The van der Waals surface area contributed by atoms with Crippen molar-refractivity contribution in [3.05, 3.63) is 29.3 Å². The minimum atomic E-state index is 0.0801. The molecule has 1 fully saturated rings. The van der Waals surface area contributed by atoms with Crippen molar-refractivity contribution < 1.29 is 14.3 Å². The van der Waals surface area contributed by atoms with Crippen molar-refractivity contribution in [3.8, 4) is 5.75 Å². The van der Waals surface area contributed by atoms with Crippen molar-refractivity contribution in [1.29, 1.82) is 0 Å². The summed E-state index contributed by atoms with van der Waals surface area (Å²) < 4.78 is 10.9. The number of nitrogens with zero attached hydrogens (tertiary/aromatic N) is 1. The Bertz CT molecular complexity index is 483. The number of rotatable bonds is 9. The van der Waals surface area contributed by atoms with Gasteiger partial charge in [-0.15, -0.1) is 0 Å². The van der Waals surface area contributed by atoms with Crippen LogP contribution in [0.4, 0.5) is 0 Å². The van der Waals surface area contributed by atoms with Gasteiger partial charge in [0.2, 0.25) is 0 Å². The van der Waals surface area contributed by atoms with Crippen LogP contribution in [0.25, 0.3) is 0 Å². The Morgan fingerprint density at radius 3 is 2.81 bits per heavy atom. The summed E-state index contributed by atoms with van der Waals surface area (Å²) >= 11 is 0. The molecule has 0 atom stereocenters. The van der Waals surface area contributed by atoms with Gasteiger partial charge in [-0.2, -0.15) is 0 Å². The van der Waals surface area contributed by atoms with E-state index in [1.165, 1.54) is 12.8 Å². The smallest absolute Gasteiger partial charge is 0.180 e. The van der Waals surface area contributed by atoms with Crippen molar-refractivity contribution >= 4 is 5.78 Å². The SMILES string of the molecule is COc1cc(C)ccc1C(=O)CN(C)CCOCC1CC1. The molecule has 0 spiro atoms. The molecule has 0 heterocycles. The lowest BCUT2D eigenvalue weighted by Crippen LogP contribution is -2.29. The Morgan fingerprint density at radius 2 is 2.14 bits per heavy atom. The standard InChI is InChI=1S/C17H25NO3/c1-13-4-7-15(17(10-13)20-3)16(19)11-18(2)8-9-21-12-14-5-6-14/h4,7,10,14H,5-6,8-9,11-12H2,1-3H3. The molecule has 1 aliphatic rings. The third-order valence-corrected chi connectivity index (χ3v) is 3.74. The Labute approximate surface area is 127 Å². The van der Waals surface area contributed by atoms with Gasteiger partial charge in [0.25, 0.3) is 0 Å². The van der Waals surface area contributed by atoms with Crippen LogP contribution in [-0.4, -0.2) is 51.1 Å². The molecule has 116 valence electrons. The normalized spacial score (nSPS) is 14.5. The maximum absolute atomic E-state index is 12.3. The van der Waals surface area contributed by atoms with Crippen molar-refractivity contribution in [3.63, 3.8) is 0 Å². The molecule has 1 saturated carbocycles. The summed E-state index contributed by atoms with van der Waals surface area (Å²) in [6.45, 7) is 4.69. The molecule has 1 aliphatic carbocycles. The summed E-state index contributed by atoms with van der Waals surface area (Å²) in [5, 5.41) is 0. The Morgan fingerprint density at radius 1 is 1.38 bits per heavy atom. The van der Waals surface area contributed by atoms with Gasteiger partial charge in [0.1, 0.15) is 5.75 Å². The highest BCUT2D eigenvalue weighted by molar-refractivity contribution is 6.00. The van der Waals surface area contributed by atoms with Crippen LogP contribution in [0.3, 0.4) is 0 Å². The summed E-state index contributed by atoms with van der Waals surface area (Å²) in [6.07, 6.45) is 2.61. The molecule has 0 aromatic heterocycles. The molecule has 0 radical (unpaired) electrons. The van der Waals surface area contributed by atoms with E-state index in [0.29, 0.717) is 24.5 Å². The van der Waals surface area contributed by atoms with Gasteiger partial charge in [-0.3, -0.25) is 9.69 Å². The number of carbonyl (C=O) groups is 1. The first-order valence-electron chi connectivity index (χ1n) is 7.54. The van der Waals surface area contributed by atoms with Crippen LogP contribution in [0.15, 0.2) is 18.2 Å². The van der Waals surface area contributed by atoms with E-state index in [0.717, 1.165) is 24.6 Å². The van der Waals surface area contributed by atoms with Crippen molar-refractivity contribution in [2.24, 2.45) is 5.92 Å². The van der Waals surface area contributed by atoms with E-state index in [-0.39, 0.29) is 5.78 Å². The molecule has 2 rings (SSSR count). The van der Waals surface area contributed by atoms with E-state index in [9.17, 15) is 4.79 Å². The lowest BCUT2D eigenvalue weighted by Gasteiger charge is -2.17. The summed E-state index contributed by atoms with van der Waals surface area (Å²) in [7, 11) is 3.54. The molecule has 0 N–H and O–H groups in total. The van der Waals surface area contributed by atoms with Crippen LogP contribution >= 0.6 is 0 Å². The molecular formula is C17H25NO3. The topological polar surface area (TPSA) is 38.8 Å². The average Bonchev–Trinajstić information content (AvgIpc) is 3.27. The fourth-order valence-corrected chi connectivity index (χ4v) is 2.19. The zero-order valence-electron chi connectivity index (χ0n) is 13.2. The van der Waals surface area contributed by atoms with Gasteiger partial charge >= 0.3 is 0 Å². The Kier molecular flexibility index (Phi) is 5.76. The lowest BCUT2D eigenvalue weighted by molar-refractivity contribution is 0.0859. The molecule has 0 aliphatic heterocycles. The van der Waals surface area contributed by atoms with Crippen molar-refractivity contribution in [2.45, 2.75) is 19.8 Å². The van der Waals surface area contributed by atoms with Crippen LogP contribution < -0.4 is 4.74 Å². The van der Waals surface area contributed by atoms with E-state index in [2.05, 4.69) is 0 Å². The zero-order valence-corrected chi connectivity index (χ0v) is 13.2. The second-order valence-electron chi connectivity index (χ2n) is 5.88. The number of benzene rings is 1. The van der Waals surface area contributed by atoms with E-state index in [1.54, 1.807) is 7.11 Å². The number of aryl methyl sites for hydroxylation is 1. The molecule has 0 unspecified atom stereocenters. The number of ether oxygens (including phenoxy) is 2. The predicted molar refractivity (Wildman–Crippen MR) is 83.1 cm³/mol. The average molecular weight is 291 g/mol. The van der Waals surface area contributed by atoms with Gasteiger partial charge in [0, 0.05) is 13.2 Å². The van der Waals surface area contributed by atoms with Gasteiger partial charge in [-0.05, 0) is 50.4 Å². The molecule has 0 saturated heterocycles. The summed E-state index contributed by atoms with van der Waals surface area (Å²) in [4.78, 5) is 14.3. The maximum atomic E-state index is 12.3. The number of hydrogen-bond donors (Lipinski definition) is 0. The van der Waals surface area contributed by atoms with E-state index >= 15 is 0 Å². The highest BCUT2D eigenvalue weighted by atomic mass is 16.5. The number of hydrogen-bond acceptors (Lipinski definition) is 4. The van der Waals surface area contributed by atoms with Gasteiger partial charge in [0.05, 0.1) is 25.8 Å². The summed E-state index contributed by atoms with van der Waals surface area (Å²) in [6, 6.07) is 5.68. The third kappa shape index (κ3) is 5.14. The number of ketones is 1. The Balaban J connectivity index is 1.79. The largest absolute Gasteiger partial charge is 0.496 e. The minimum Gasteiger partial charge on any atom is -0.496 e. The number of likely N-dealkylation sites (N-methyl/N-ethyl adjacent to an activating group) is 1. The van der Waals surface area contributed by atoms with E-state index in [4.69, 9.17) is 9.47 Å². The third-order valence-electron chi connectivity index (χ3n) is 3.74. The first kappa shape index (κ1) is 16.0. The number of carbonyl (C=O) groups excluding carboxylic acids is 1. The number of Topliss-reactive ketones (excluding diaryl/α,β-unsaturated/α-hetero) is 1. The molecule has 0 bridgehead atoms. The van der Waals surface area contributed by atoms with E-state index in [1.807, 2.05) is 37.1 Å². The summed E-state index contributed by atoms with van der Waals surface area (Å²) in [5.74, 6) is 1.52. The van der Waals surface area contributed by atoms with Crippen LogP contribution in [0.5, 0.6) is 5.75 Å². The lowest BCUT2D eigenvalue weighted by atomic mass is 10.1. The van der Waals surface area contributed by atoms with Crippen LogP contribution in [0.1, 0.15) is 28.8 Å². The van der Waals surface area contributed by atoms with Crippen LogP contribution in [0.2, 0.25) is 0 Å². The first-order chi connectivity index (χ1) is 10.1. The van der Waals surface area contributed by atoms with Crippen molar-refractivity contribution in [2.75, 3.05) is 40.5 Å². The van der Waals surface area contributed by atoms with Gasteiger partial charge in [-0.25, -0.2) is 0 Å². The quantitative estimate of drug-likeness (QED) is 0.518. The monoisotopic (exact) mass is 291 g/mol. The van der Waals surface area contributed by atoms with Gasteiger partial charge in [0.15, 0.2) is 5.78 Å². The highest BCUT2D eigenvalue weighted by Gasteiger charge is 2.21.